The molecule has 98 valence electrons. The summed E-state index contributed by atoms with van der Waals surface area (Å²) in [6.07, 6.45) is 1.14. The van der Waals surface area contributed by atoms with Gasteiger partial charge in [0.05, 0.1) is 5.60 Å². The summed E-state index contributed by atoms with van der Waals surface area (Å²) in [5.41, 5.74) is -0.0683. The number of hydrogen-bond acceptors (Lipinski definition) is 3. The van der Waals surface area contributed by atoms with Gasteiger partial charge in [0.15, 0.2) is 0 Å². The molecule has 0 fully saturated rings. The van der Waals surface area contributed by atoms with E-state index in [4.69, 9.17) is 4.74 Å². The average molecular weight is 248 g/mol. The van der Waals surface area contributed by atoms with Gasteiger partial charge in [-0.2, -0.15) is 0 Å². The van der Waals surface area contributed by atoms with E-state index >= 15 is 0 Å². The standard InChI is InChI=1S/C15H20O3/c1-6-13(16)18-15(4,5)12-9-7-8-11(10-12)14(2,3)17/h6-10,17H,1H2,2-5H3. The second kappa shape index (κ2) is 4.94. The molecule has 0 atom stereocenters. The van der Waals surface area contributed by atoms with Gasteiger partial charge in [-0.3, -0.25) is 0 Å². The Morgan fingerprint density at radius 2 is 1.83 bits per heavy atom. The van der Waals surface area contributed by atoms with E-state index in [1.54, 1.807) is 27.7 Å². The smallest absolute Gasteiger partial charge is 0.331 e. The number of carbonyl (C=O) groups excluding carboxylic acids is 1. The average Bonchev–Trinajstić information content (AvgIpc) is 2.27. The minimum absolute atomic E-state index is 0.464. The molecule has 0 saturated heterocycles. The summed E-state index contributed by atoms with van der Waals surface area (Å²) in [4.78, 5) is 11.3. The summed E-state index contributed by atoms with van der Waals surface area (Å²) in [5.74, 6) is -0.464. The fourth-order valence-electron chi connectivity index (χ4n) is 1.63. The van der Waals surface area contributed by atoms with Gasteiger partial charge in [-0.1, -0.05) is 24.8 Å². The highest BCUT2D eigenvalue weighted by Crippen LogP contribution is 2.29. The molecular formula is C15H20O3. The maximum atomic E-state index is 11.3. The Hall–Kier alpha value is -1.61. The minimum atomic E-state index is -0.922. The Morgan fingerprint density at radius 3 is 2.33 bits per heavy atom. The van der Waals surface area contributed by atoms with Crippen LogP contribution in [0.5, 0.6) is 0 Å². The van der Waals surface area contributed by atoms with Crippen molar-refractivity contribution in [2.75, 3.05) is 0 Å². The first kappa shape index (κ1) is 14.5. The van der Waals surface area contributed by atoms with Crippen molar-refractivity contribution in [1.82, 2.24) is 0 Å². The minimum Gasteiger partial charge on any atom is -0.452 e. The Labute approximate surface area is 108 Å². The second-order valence-electron chi connectivity index (χ2n) is 5.28. The SMILES string of the molecule is C=CC(=O)OC(C)(C)c1cccc(C(C)(C)O)c1. The van der Waals surface area contributed by atoms with E-state index in [0.29, 0.717) is 0 Å². The fourth-order valence-corrected chi connectivity index (χ4v) is 1.63. The van der Waals surface area contributed by atoms with E-state index in [2.05, 4.69) is 6.58 Å². The van der Waals surface area contributed by atoms with Gasteiger partial charge in [-0.25, -0.2) is 4.79 Å². The Kier molecular flexibility index (Phi) is 3.97. The number of hydrogen-bond donors (Lipinski definition) is 1. The van der Waals surface area contributed by atoms with Gasteiger partial charge in [-0.15, -0.1) is 0 Å². The highest BCUT2D eigenvalue weighted by molar-refractivity contribution is 5.81. The van der Waals surface area contributed by atoms with Crippen LogP contribution in [0.1, 0.15) is 38.8 Å². The van der Waals surface area contributed by atoms with Crippen molar-refractivity contribution in [3.8, 4) is 0 Å². The maximum absolute atomic E-state index is 11.3. The molecule has 1 N–H and O–H groups in total. The first-order chi connectivity index (χ1) is 8.16. The largest absolute Gasteiger partial charge is 0.452 e. The van der Waals surface area contributed by atoms with Crippen LogP contribution in [0.3, 0.4) is 0 Å². The number of benzene rings is 1. The lowest BCUT2D eigenvalue weighted by molar-refractivity contribution is -0.151. The van der Waals surface area contributed by atoms with Crippen molar-refractivity contribution < 1.29 is 14.6 Å². The molecule has 3 nitrogen and oxygen atoms in total. The molecule has 0 bridgehead atoms. The van der Waals surface area contributed by atoms with E-state index < -0.39 is 17.2 Å². The van der Waals surface area contributed by atoms with Gasteiger partial charge in [0.2, 0.25) is 0 Å². The molecule has 3 heteroatoms. The molecular weight excluding hydrogens is 228 g/mol. The number of rotatable bonds is 4. The predicted molar refractivity (Wildman–Crippen MR) is 71.0 cm³/mol. The summed E-state index contributed by atoms with van der Waals surface area (Å²) in [6, 6.07) is 7.39. The molecule has 0 aliphatic carbocycles. The van der Waals surface area contributed by atoms with Crippen molar-refractivity contribution in [3.05, 3.63) is 48.0 Å². The number of aliphatic hydroxyl groups is 1. The van der Waals surface area contributed by atoms with E-state index in [0.717, 1.165) is 17.2 Å². The lowest BCUT2D eigenvalue weighted by atomic mass is 9.91. The van der Waals surface area contributed by atoms with Gasteiger partial charge in [0.1, 0.15) is 5.60 Å². The Morgan fingerprint density at radius 1 is 1.28 bits per heavy atom. The molecule has 0 aromatic heterocycles. The van der Waals surface area contributed by atoms with E-state index in [9.17, 15) is 9.90 Å². The van der Waals surface area contributed by atoms with Crippen LogP contribution in [0.25, 0.3) is 0 Å². The molecule has 1 rings (SSSR count). The van der Waals surface area contributed by atoms with Crippen LogP contribution in [0.2, 0.25) is 0 Å². The Balaban J connectivity index is 3.09. The number of esters is 1. The van der Waals surface area contributed by atoms with Crippen LogP contribution in [-0.4, -0.2) is 11.1 Å². The molecule has 0 amide bonds. The zero-order valence-electron chi connectivity index (χ0n) is 11.4. The summed E-state index contributed by atoms with van der Waals surface area (Å²) in [6.45, 7) is 10.4. The second-order valence-corrected chi connectivity index (χ2v) is 5.28. The van der Waals surface area contributed by atoms with Crippen LogP contribution < -0.4 is 0 Å². The van der Waals surface area contributed by atoms with Crippen LogP contribution in [0.15, 0.2) is 36.9 Å². The summed E-state index contributed by atoms with van der Waals surface area (Å²) in [5, 5.41) is 9.98. The van der Waals surface area contributed by atoms with E-state index in [-0.39, 0.29) is 0 Å². The van der Waals surface area contributed by atoms with Crippen molar-refractivity contribution in [2.24, 2.45) is 0 Å². The molecule has 0 heterocycles. The van der Waals surface area contributed by atoms with Crippen molar-refractivity contribution >= 4 is 5.97 Å². The lowest BCUT2D eigenvalue weighted by Gasteiger charge is -2.27. The summed E-state index contributed by atoms with van der Waals surface area (Å²) >= 11 is 0. The van der Waals surface area contributed by atoms with Gasteiger partial charge in [-0.05, 0) is 44.9 Å². The zero-order valence-corrected chi connectivity index (χ0v) is 11.4. The Bertz CT molecular complexity index is 453. The molecule has 0 radical (unpaired) electrons. The third-order valence-electron chi connectivity index (χ3n) is 2.79. The fraction of sp³-hybridized carbons (Fsp3) is 0.400. The molecule has 1 aromatic rings. The quantitative estimate of drug-likeness (QED) is 0.658. The topological polar surface area (TPSA) is 46.5 Å². The van der Waals surface area contributed by atoms with Crippen LogP contribution in [-0.2, 0) is 20.7 Å². The van der Waals surface area contributed by atoms with Crippen LogP contribution >= 0.6 is 0 Å². The maximum Gasteiger partial charge on any atom is 0.331 e. The predicted octanol–water partition coefficient (Wildman–Crippen LogP) is 2.88. The van der Waals surface area contributed by atoms with E-state index in [1.807, 2.05) is 24.3 Å². The van der Waals surface area contributed by atoms with Crippen LogP contribution in [0.4, 0.5) is 0 Å². The molecule has 1 aromatic carbocycles. The third-order valence-corrected chi connectivity index (χ3v) is 2.79. The monoisotopic (exact) mass is 248 g/mol. The van der Waals surface area contributed by atoms with E-state index in [1.165, 1.54) is 0 Å². The summed E-state index contributed by atoms with van der Waals surface area (Å²) in [7, 11) is 0. The molecule has 0 aliphatic heterocycles. The molecule has 0 spiro atoms. The zero-order chi connectivity index (χ0) is 14.0. The van der Waals surface area contributed by atoms with Gasteiger partial charge in [0.25, 0.3) is 0 Å². The lowest BCUT2D eigenvalue weighted by Crippen LogP contribution is -2.25. The highest BCUT2D eigenvalue weighted by Gasteiger charge is 2.26. The molecule has 0 aliphatic rings. The normalized spacial score (nSPS) is 12.1. The van der Waals surface area contributed by atoms with Crippen LogP contribution in [0, 0.1) is 0 Å². The first-order valence-corrected chi connectivity index (χ1v) is 5.85. The summed E-state index contributed by atoms with van der Waals surface area (Å²) < 4.78 is 5.30. The molecule has 0 unspecified atom stereocenters. The van der Waals surface area contributed by atoms with Crippen molar-refractivity contribution in [3.63, 3.8) is 0 Å². The van der Waals surface area contributed by atoms with Crippen molar-refractivity contribution in [2.45, 2.75) is 38.9 Å². The van der Waals surface area contributed by atoms with Gasteiger partial charge >= 0.3 is 5.97 Å². The highest BCUT2D eigenvalue weighted by atomic mass is 16.6. The van der Waals surface area contributed by atoms with Crippen molar-refractivity contribution in [1.29, 1.82) is 0 Å². The van der Waals surface area contributed by atoms with Gasteiger partial charge in [0, 0.05) is 6.08 Å². The third kappa shape index (κ3) is 3.44. The molecule has 18 heavy (non-hydrogen) atoms. The number of carbonyl (C=O) groups is 1. The first-order valence-electron chi connectivity index (χ1n) is 5.85. The number of ether oxygens (including phenoxy) is 1. The van der Waals surface area contributed by atoms with Gasteiger partial charge < -0.3 is 9.84 Å². The molecule has 0 saturated carbocycles.